The van der Waals surface area contributed by atoms with Crippen molar-refractivity contribution < 1.29 is 4.79 Å². The monoisotopic (exact) mass is 297 g/mol. The summed E-state index contributed by atoms with van der Waals surface area (Å²) >= 11 is 1.64. The molecular weight excluding hydrogens is 282 g/mol. The summed E-state index contributed by atoms with van der Waals surface area (Å²) in [6.45, 7) is 0.600. The number of benzene rings is 1. The zero-order valence-electron chi connectivity index (χ0n) is 11.6. The Morgan fingerprint density at radius 3 is 2.81 bits per heavy atom. The summed E-state index contributed by atoms with van der Waals surface area (Å²) in [5.74, 6) is -0.0393. The maximum absolute atomic E-state index is 12.6. The van der Waals surface area contributed by atoms with Crippen LogP contribution < -0.4 is 0 Å². The van der Waals surface area contributed by atoms with Crippen LogP contribution >= 0.6 is 11.3 Å². The van der Waals surface area contributed by atoms with Gasteiger partial charge in [-0.1, -0.05) is 18.2 Å². The number of thiophene rings is 1. The Hall–Kier alpha value is -2.40. The molecule has 0 atom stereocenters. The predicted octanol–water partition coefficient (Wildman–Crippen LogP) is 3.21. The highest BCUT2D eigenvalue weighted by Gasteiger charge is 2.17. The van der Waals surface area contributed by atoms with Crippen LogP contribution in [0.3, 0.4) is 0 Å². The summed E-state index contributed by atoms with van der Waals surface area (Å²) in [6.07, 6.45) is 3.28. The molecule has 1 amide bonds. The van der Waals surface area contributed by atoms with Crippen LogP contribution in [0.1, 0.15) is 16.1 Å². The fourth-order valence-corrected chi connectivity index (χ4v) is 2.83. The Morgan fingerprint density at radius 1 is 1.29 bits per heavy atom. The maximum Gasteiger partial charge on any atom is 0.272 e. The standard InChI is InChI=1S/C16H15N3OS/c1-18(10-13-7-8-21-11-13)16(20)15-9-17-12-19(15)14-5-3-2-4-6-14/h2-9,11-12H,10H2,1H3. The molecule has 0 radical (unpaired) electrons. The Morgan fingerprint density at radius 2 is 2.10 bits per heavy atom. The number of carbonyl (C=O) groups excluding carboxylic acids is 1. The van der Waals surface area contributed by atoms with Crippen LogP contribution in [0.15, 0.2) is 59.7 Å². The molecule has 0 fully saturated rings. The van der Waals surface area contributed by atoms with Crippen LogP contribution in [0.4, 0.5) is 0 Å². The third kappa shape index (κ3) is 2.87. The van der Waals surface area contributed by atoms with Crippen LogP contribution in [-0.4, -0.2) is 27.4 Å². The number of hydrogen-bond donors (Lipinski definition) is 0. The quantitative estimate of drug-likeness (QED) is 0.741. The zero-order valence-corrected chi connectivity index (χ0v) is 12.5. The van der Waals surface area contributed by atoms with Gasteiger partial charge < -0.3 is 4.90 Å². The van der Waals surface area contributed by atoms with Crippen LogP contribution in [0, 0.1) is 0 Å². The maximum atomic E-state index is 12.6. The van der Waals surface area contributed by atoms with Gasteiger partial charge in [0.2, 0.25) is 0 Å². The van der Waals surface area contributed by atoms with E-state index in [2.05, 4.69) is 10.4 Å². The highest BCUT2D eigenvalue weighted by atomic mass is 32.1. The molecule has 0 bridgehead atoms. The van der Waals surface area contributed by atoms with Gasteiger partial charge in [-0.3, -0.25) is 9.36 Å². The minimum absolute atomic E-state index is 0.0393. The van der Waals surface area contributed by atoms with Crippen molar-refractivity contribution in [3.63, 3.8) is 0 Å². The summed E-state index contributed by atoms with van der Waals surface area (Å²) in [7, 11) is 1.81. The topological polar surface area (TPSA) is 38.1 Å². The molecule has 2 heterocycles. The van der Waals surface area contributed by atoms with E-state index in [1.165, 1.54) is 0 Å². The van der Waals surface area contributed by atoms with E-state index >= 15 is 0 Å². The average molecular weight is 297 g/mol. The second kappa shape index (κ2) is 5.93. The van der Waals surface area contributed by atoms with Gasteiger partial charge in [0.15, 0.2) is 0 Å². The summed E-state index contributed by atoms with van der Waals surface area (Å²) < 4.78 is 1.81. The number of carbonyl (C=O) groups is 1. The van der Waals surface area contributed by atoms with Crippen molar-refractivity contribution in [2.45, 2.75) is 6.54 Å². The molecule has 4 nitrogen and oxygen atoms in total. The first kappa shape index (κ1) is 13.6. The summed E-state index contributed by atoms with van der Waals surface area (Å²) in [6, 6.07) is 11.8. The van der Waals surface area contributed by atoms with E-state index in [-0.39, 0.29) is 5.91 Å². The normalized spacial score (nSPS) is 10.5. The number of imidazole rings is 1. The van der Waals surface area contributed by atoms with Crippen molar-refractivity contribution in [3.05, 3.63) is 70.9 Å². The highest BCUT2D eigenvalue weighted by molar-refractivity contribution is 7.07. The van der Waals surface area contributed by atoms with Gasteiger partial charge in [-0.15, -0.1) is 0 Å². The van der Waals surface area contributed by atoms with Crippen molar-refractivity contribution in [2.75, 3.05) is 7.05 Å². The molecule has 1 aromatic carbocycles. The number of hydrogen-bond acceptors (Lipinski definition) is 3. The zero-order chi connectivity index (χ0) is 14.7. The fraction of sp³-hybridized carbons (Fsp3) is 0.125. The highest BCUT2D eigenvalue weighted by Crippen LogP contribution is 2.14. The molecule has 5 heteroatoms. The minimum atomic E-state index is -0.0393. The lowest BCUT2D eigenvalue weighted by atomic mass is 10.3. The van der Waals surface area contributed by atoms with Gasteiger partial charge in [-0.2, -0.15) is 11.3 Å². The lowest BCUT2D eigenvalue weighted by Crippen LogP contribution is -2.27. The predicted molar refractivity (Wildman–Crippen MR) is 83.7 cm³/mol. The number of nitrogens with zero attached hydrogens (tertiary/aromatic N) is 3. The number of amides is 1. The van der Waals surface area contributed by atoms with Gasteiger partial charge in [-0.25, -0.2) is 4.98 Å². The molecule has 0 aliphatic carbocycles. The Balaban J connectivity index is 1.84. The lowest BCUT2D eigenvalue weighted by Gasteiger charge is -2.17. The first-order valence-electron chi connectivity index (χ1n) is 6.60. The first-order chi connectivity index (χ1) is 10.3. The van der Waals surface area contributed by atoms with Crippen molar-refractivity contribution in [1.82, 2.24) is 14.5 Å². The molecule has 106 valence electrons. The molecular formula is C16H15N3OS. The number of para-hydroxylation sites is 1. The van der Waals surface area contributed by atoms with Crippen LogP contribution in [0.2, 0.25) is 0 Å². The molecule has 0 aliphatic heterocycles. The van der Waals surface area contributed by atoms with E-state index in [9.17, 15) is 4.79 Å². The lowest BCUT2D eigenvalue weighted by molar-refractivity contribution is 0.0777. The summed E-state index contributed by atoms with van der Waals surface area (Å²) in [4.78, 5) is 18.4. The van der Waals surface area contributed by atoms with E-state index in [4.69, 9.17) is 0 Å². The Kier molecular flexibility index (Phi) is 3.83. The van der Waals surface area contributed by atoms with Crippen molar-refractivity contribution in [2.24, 2.45) is 0 Å². The summed E-state index contributed by atoms with van der Waals surface area (Å²) in [5.41, 5.74) is 2.64. The van der Waals surface area contributed by atoms with Gasteiger partial charge in [0, 0.05) is 19.3 Å². The number of rotatable bonds is 4. The van der Waals surface area contributed by atoms with Gasteiger partial charge in [0.1, 0.15) is 5.69 Å². The van der Waals surface area contributed by atoms with Gasteiger partial charge in [0.25, 0.3) is 5.91 Å². The number of aromatic nitrogens is 2. The molecule has 2 aromatic heterocycles. The van der Waals surface area contributed by atoms with Gasteiger partial charge in [-0.05, 0) is 34.5 Å². The van der Waals surface area contributed by atoms with Crippen LogP contribution in [0.5, 0.6) is 0 Å². The fourth-order valence-electron chi connectivity index (χ4n) is 2.17. The van der Waals surface area contributed by atoms with Crippen LogP contribution in [0.25, 0.3) is 5.69 Å². The van der Waals surface area contributed by atoms with Gasteiger partial charge >= 0.3 is 0 Å². The molecule has 0 N–H and O–H groups in total. The molecule has 3 aromatic rings. The minimum Gasteiger partial charge on any atom is -0.336 e. The molecule has 0 saturated carbocycles. The van der Waals surface area contributed by atoms with E-state index in [0.717, 1.165) is 11.3 Å². The molecule has 0 aliphatic rings. The first-order valence-corrected chi connectivity index (χ1v) is 7.54. The average Bonchev–Trinajstić information content (AvgIpc) is 3.18. The van der Waals surface area contributed by atoms with Crippen LogP contribution in [-0.2, 0) is 6.54 Å². The van der Waals surface area contributed by atoms with Gasteiger partial charge in [0.05, 0.1) is 12.5 Å². The van der Waals surface area contributed by atoms with E-state index in [0.29, 0.717) is 12.2 Å². The third-order valence-corrected chi connectivity index (χ3v) is 3.97. The third-order valence-electron chi connectivity index (χ3n) is 3.24. The van der Waals surface area contributed by atoms with E-state index in [1.807, 2.05) is 53.4 Å². The van der Waals surface area contributed by atoms with Crippen molar-refractivity contribution >= 4 is 17.2 Å². The largest absolute Gasteiger partial charge is 0.336 e. The molecule has 0 saturated heterocycles. The van der Waals surface area contributed by atoms with Crippen molar-refractivity contribution in [1.29, 1.82) is 0 Å². The molecule has 3 rings (SSSR count). The Bertz CT molecular complexity index is 719. The SMILES string of the molecule is CN(Cc1ccsc1)C(=O)c1cncn1-c1ccccc1. The molecule has 0 unspecified atom stereocenters. The molecule has 0 spiro atoms. The smallest absolute Gasteiger partial charge is 0.272 e. The second-order valence-corrected chi connectivity index (χ2v) is 5.56. The summed E-state index contributed by atoms with van der Waals surface area (Å²) in [5, 5.41) is 4.07. The molecule has 21 heavy (non-hydrogen) atoms. The second-order valence-electron chi connectivity index (χ2n) is 4.78. The van der Waals surface area contributed by atoms with E-state index < -0.39 is 0 Å². The van der Waals surface area contributed by atoms with Crippen molar-refractivity contribution in [3.8, 4) is 5.69 Å². The Labute approximate surface area is 127 Å². The van der Waals surface area contributed by atoms with E-state index in [1.54, 1.807) is 28.8 Å².